The second kappa shape index (κ2) is 12.4. The second-order valence-corrected chi connectivity index (χ2v) is 12.5. The number of ether oxygens (including phenoxy) is 1. The molecule has 0 amide bonds. The Morgan fingerprint density at radius 1 is 1.02 bits per heavy atom. The van der Waals surface area contributed by atoms with E-state index in [1.165, 1.54) is 13.3 Å². The molecule has 5 rings (SSSR count). The Balaban J connectivity index is 1.35. The van der Waals surface area contributed by atoms with E-state index < -0.39 is 9.84 Å². The summed E-state index contributed by atoms with van der Waals surface area (Å²) in [4.78, 5) is 4.86. The van der Waals surface area contributed by atoms with Crippen LogP contribution in [0.3, 0.4) is 0 Å². The number of methoxy groups -OCH3 is 1. The van der Waals surface area contributed by atoms with E-state index in [1.54, 1.807) is 42.5 Å². The fourth-order valence-electron chi connectivity index (χ4n) is 4.68. The first-order valence-electron chi connectivity index (χ1n) is 13.0. The van der Waals surface area contributed by atoms with Gasteiger partial charge in [-0.05, 0) is 42.5 Å². The minimum Gasteiger partial charge on any atom is -0.495 e. The van der Waals surface area contributed by atoms with Crippen LogP contribution in [0, 0.1) is 11.3 Å². The Morgan fingerprint density at radius 3 is 2.55 bits per heavy atom. The molecule has 0 unspecified atom stereocenters. The van der Waals surface area contributed by atoms with Crippen molar-refractivity contribution in [1.82, 2.24) is 14.9 Å². The van der Waals surface area contributed by atoms with Crippen molar-refractivity contribution in [3.05, 3.63) is 100 Å². The highest BCUT2D eigenvalue weighted by Crippen LogP contribution is 2.38. The normalized spacial score (nSPS) is 11.4. The van der Waals surface area contributed by atoms with Gasteiger partial charge in [0.25, 0.3) is 0 Å². The molecule has 2 aromatic heterocycles. The Labute approximate surface area is 254 Å². The molecule has 5 aromatic rings. The van der Waals surface area contributed by atoms with Crippen LogP contribution in [-0.4, -0.2) is 37.4 Å². The molecule has 0 bridgehead atoms. The molecule has 0 spiro atoms. The monoisotopic (exact) mass is 619 g/mol. The Bertz CT molecular complexity index is 1920. The van der Waals surface area contributed by atoms with E-state index in [0.29, 0.717) is 56.2 Å². The number of fused-ring (bicyclic) bond motifs is 1. The molecule has 2 N–H and O–H groups in total. The SMILES string of the molecule is COc1cc(Nc2c(C#N)cnc3cc(-c4ccc(CNCCS(=O)(=O)c5ccccc5)n4C)ccc23)c(Cl)cc1Cl. The van der Waals surface area contributed by atoms with E-state index in [1.807, 2.05) is 37.4 Å². The number of aromatic nitrogens is 2. The maximum absolute atomic E-state index is 12.5. The fraction of sp³-hybridized carbons (Fsp3) is 0.161. The van der Waals surface area contributed by atoms with Crippen molar-refractivity contribution < 1.29 is 13.2 Å². The van der Waals surface area contributed by atoms with Crippen LogP contribution in [0.1, 0.15) is 11.3 Å². The van der Waals surface area contributed by atoms with Crippen LogP contribution in [0.5, 0.6) is 5.75 Å². The van der Waals surface area contributed by atoms with Crippen LogP contribution in [0.25, 0.3) is 22.2 Å². The topological polar surface area (TPSA) is 109 Å². The average Bonchev–Trinajstić information content (AvgIpc) is 3.36. The lowest BCUT2D eigenvalue weighted by molar-refractivity contribution is 0.415. The highest BCUT2D eigenvalue weighted by molar-refractivity contribution is 7.91. The predicted molar refractivity (Wildman–Crippen MR) is 167 cm³/mol. The highest BCUT2D eigenvalue weighted by Gasteiger charge is 2.16. The van der Waals surface area contributed by atoms with Gasteiger partial charge in [-0.15, -0.1) is 0 Å². The van der Waals surface area contributed by atoms with E-state index in [2.05, 4.69) is 26.3 Å². The third-order valence-electron chi connectivity index (χ3n) is 6.97. The largest absolute Gasteiger partial charge is 0.495 e. The molecular formula is C31H27Cl2N5O3S. The zero-order valence-corrected chi connectivity index (χ0v) is 25.2. The average molecular weight is 621 g/mol. The van der Waals surface area contributed by atoms with Crippen LogP contribution in [0.2, 0.25) is 10.0 Å². The molecule has 0 aliphatic rings. The zero-order valence-electron chi connectivity index (χ0n) is 22.9. The van der Waals surface area contributed by atoms with Crippen LogP contribution in [0.15, 0.2) is 83.9 Å². The highest BCUT2D eigenvalue weighted by atomic mass is 35.5. The summed E-state index contributed by atoms with van der Waals surface area (Å²) in [7, 11) is 0.142. The molecular weight excluding hydrogens is 593 g/mol. The van der Waals surface area contributed by atoms with Crippen molar-refractivity contribution in [2.24, 2.45) is 7.05 Å². The van der Waals surface area contributed by atoms with Gasteiger partial charge in [-0.1, -0.05) is 47.5 Å². The Kier molecular flexibility index (Phi) is 8.71. The van der Waals surface area contributed by atoms with E-state index in [9.17, 15) is 13.7 Å². The fourth-order valence-corrected chi connectivity index (χ4v) is 6.41. The van der Waals surface area contributed by atoms with Crippen LogP contribution < -0.4 is 15.4 Å². The van der Waals surface area contributed by atoms with E-state index in [4.69, 9.17) is 27.9 Å². The van der Waals surface area contributed by atoms with E-state index in [0.717, 1.165) is 22.3 Å². The molecule has 0 saturated carbocycles. The maximum Gasteiger partial charge on any atom is 0.179 e. The van der Waals surface area contributed by atoms with Gasteiger partial charge in [0.2, 0.25) is 0 Å². The smallest absolute Gasteiger partial charge is 0.179 e. The van der Waals surface area contributed by atoms with Crippen molar-refractivity contribution in [3.63, 3.8) is 0 Å². The lowest BCUT2D eigenvalue weighted by Gasteiger charge is -2.15. The van der Waals surface area contributed by atoms with Crippen molar-refractivity contribution in [2.75, 3.05) is 24.7 Å². The number of hydrogen-bond donors (Lipinski definition) is 2. The number of nitrogens with zero attached hydrogens (tertiary/aromatic N) is 3. The lowest BCUT2D eigenvalue weighted by atomic mass is 10.0. The van der Waals surface area contributed by atoms with Gasteiger partial charge in [-0.3, -0.25) is 4.98 Å². The number of rotatable bonds is 10. The zero-order chi connectivity index (χ0) is 29.9. The van der Waals surface area contributed by atoms with E-state index >= 15 is 0 Å². The van der Waals surface area contributed by atoms with Crippen molar-refractivity contribution in [1.29, 1.82) is 5.26 Å². The molecule has 0 radical (unpaired) electrons. The summed E-state index contributed by atoms with van der Waals surface area (Å²) in [5, 5.41) is 17.8. The molecule has 214 valence electrons. The molecule has 8 nitrogen and oxygen atoms in total. The van der Waals surface area contributed by atoms with Gasteiger partial charge in [0.05, 0.1) is 50.3 Å². The number of nitrogens with one attached hydrogen (secondary N) is 2. The van der Waals surface area contributed by atoms with Crippen molar-refractivity contribution in [2.45, 2.75) is 11.4 Å². The molecule has 42 heavy (non-hydrogen) atoms. The summed E-state index contributed by atoms with van der Waals surface area (Å²) in [6.45, 7) is 0.843. The van der Waals surface area contributed by atoms with Crippen LogP contribution in [0.4, 0.5) is 11.4 Å². The minimum atomic E-state index is -3.34. The summed E-state index contributed by atoms with van der Waals surface area (Å²) < 4.78 is 32.5. The summed E-state index contributed by atoms with van der Waals surface area (Å²) in [5.41, 5.74) is 5.09. The molecule has 0 saturated heterocycles. The summed E-state index contributed by atoms with van der Waals surface area (Å²) >= 11 is 12.6. The molecule has 0 atom stereocenters. The van der Waals surface area contributed by atoms with Gasteiger partial charge >= 0.3 is 0 Å². The third kappa shape index (κ3) is 6.08. The standard InChI is InChI=1S/C31H27Cl2N5O3S/c1-38-22(19-35-12-13-42(39,40)23-6-4-3-5-7-23)9-11-29(38)20-8-10-24-27(14-20)36-18-21(17-34)31(24)37-28-16-30(41-2)26(33)15-25(28)32/h3-11,14-16,18,35H,12-13,19H2,1-2H3,(H,36,37). The Hall–Kier alpha value is -4.07. The van der Waals surface area contributed by atoms with Crippen molar-refractivity contribution in [3.8, 4) is 23.1 Å². The molecule has 0 fully saturated rings. The van der Waals surface area contributed by atoms with Gasteiger partial charge in [0.1, 0.15) is 11.8 Å². The van der Waals surface area contributed by atoms with Gasteiger partial charge in [-0.25, -0.2) is 8.42 Å². The number of pyridine rings is 1. The number of halogens is 2. The van der Waals surface area contributed by atoms with Gasteiger partial charge < -0.3 is 19.9 Å². The number of sulfone groups is 1. The first-order valence-corrected chi connectivity index (χ1v) is 15.4. The molecule has 2 heterocycles. The maximum atomic E-state index is 12.5. The number of anilines is 2. The quantitative estimate of drug-likeness (QED) is 0.167. The van der Waals surface area contributed by atoms with Crippen molar-refractivity contribution >= 4 is 55.3 Å². The van der Waals surface area contributed by atoms with Crippen LogP contribution in [-0.2, 0) is 23.4 Å². The second-order valence-electron chi connectivity index (χ2n) is 9.56. The van der Waals surface area contributed by atoms with Gasteiger partial charge in [0.15, 0.2) is 9.84 Å². The molecule has 3 aromatic carbocycles. The van der Waals surface area contributed by atoms with E-state index in [-0.39, 0.29) is 5.75 Å². The minimum absolute atomic E-state index is 0.0136. The summed E-state index contributed by atoms with van der Waals surface area (Å²) in [5.74, 6) is 0.467. The number of nitriles is 1. The number of benzene rings is 3. The molecule has 0 aliphatic carbocycles. The predicted octanol–water partition coefficient (Wildman–Crippen LogP) is 6.73. The third-order valence-corrected chi connectivity index (χ3v) is 9.31. The first-order chi connectivity index (χ1) is 20.2. The summed E-state index contributed by atoms with van der Waals surface area (Å²) in [6, 6.07) is 23.8. The first kappa shape index (κ1) is 29.4. The van der Waals surface area contributed by atoms with Gasteiger partial charge in [-0.2, -0.15) is 5.26 Å². The molecule has 0 aliphatic heterocycles. The van der Waals surface area contributed by atoms with Gasteiger partial charge in [0, 0.05) is 54.7 Å². The molecule has 11 heteroatoms. The van der Waals surface area contributed by atoms with Crippen LogP contribution >= 0.6 is 23.2 Å². The number of hydrogen-bond acceptors (Lipinski definition) is 7. The lowest BCUT2D eigenvalue weighted by Crippen LogP contribution is -2.23. The summed E-state index contributed by atoms with van der Waals surface area (Å²) in [6.07, 6.45) is 1.53. The Morgan fingerprint density at radius 2 is 1.81 bits per heavy atom.